The van der Waals surface area contributed by atoms with Gasteiger partial charge >= 0.3 is 0 Å². The predicted molar refractivity (Wildman–Crippen MR) is 60.1 cm³/mol. The first-order valence-corrected chi connectivity index (χ1v) is 4.98. The van der Waals surface area contributed by atoms with Crippen molar-refractivity contribution in [3.05, 3.63) is 36.9 Å². The Morgan fingerprint density at radius 2 is 1.94 bits per heavy atom. The maximum Gasteiger partial charge on any atom is 0.212 e. The topological polar surface area (TPSA) is 58.9 Å². The van der Waals surface area contributed by atoms with Crippen molar-refractivity contribution in [2.45, 2.75) is 0 Å². The second kappa shape index (κ2) is 2.57. The highest BCUT2D eigenvalue weighted by molar-refractivity contribution is 6.01. The van der Waals surface area contributed by atoms with Gasteiger partial charge in [0.15, 0.2) is 0 Å². The van der Waals surface area contributed by atoms with Crippen LogP contribution in [0.4, 0.5) is 0 Å². The van der Waals surface area contributed by atoms with E-state index in [2.05, 4.69) is 19.9 Å². The molecule has 1 aromatic carbocycles. The molecular weight excluding hydrogens is 202 g/mol. The van der Waals surface area contributed by atoms with Gasteiger partial charge in [0.1, 0.15) is 5.52 Å². The molecular formula is C11H7N5. The lowest BCUT2D eigenvalue weighted by atomic mass is 10.2. The number of H-pyrrole nitrogens is 1. The third kappa shape index (κ3) is 0.826. The van der Waals surface area contributed by atoms with Crippen molar-refractivity contribution >= 4 is 27.8 Å². The van der Waals surface area contributed by atoms with Crippen molar-refractivity contribution in [1.29, 1.82) is 0 Å². The van der Waals surface area contributed by atoms with Crippen LogP contribution in [0.3, 0.4) is 0 Å². The lowest BCUT2D eigenvalue weighted by molar-refractivity contribution is 1.24. The van der Waals surface area contributed by atoms with Crippen molar-refractivity contribution in [1.82, 2.24) is 24.3 Å². The predicted octanol–water partition coefficient (Wildman–Crippen LogP) is 1.76. The van der Waals surface area contributed by atoms with Gasteiger partial charge in [-0.15, -0.1) is 0 Å². The molecule has 0 unspecified atom stereocenters. The number of nitrogens with one attached hydrogen (secondary N) is 1. The zero-order valence-corrected chi connectivity index (χ0v) is 8.25. The van der Waals surface area contributed by atoms with Gasteiger partial charge < -0.3 is 4.98 Å². The maximum atomic E-state index is 4.38. The number of hydrogen-bond acceptors (Lipinski definition) is 3. The van der Waals surface area contributed by atoms with Gasteiger partial charge in [0, 0.05) is 24.8 Å². The van der Waals surface area contributed by atoms with Crippen LogP contribution >= 0.6 is 0 Å². The summed E-state index contributed by atoms with van der Waals surface area (Å²) in [5, 5.41) is 0. The molecule has 0 bridgehead atoms. The van der Waals surface area contributed by atoms with Gasteiger partial charge in [-0.1, -0.05) is 0 Å². The Balaban J connectivity index is 2.41. The standard InChI is InChI=1S/C11H7N5/c1-2-8-10(9-7(1)12-3-4-13-9)16-6-5-14-11(16)15-8/h1-6H,(H,14,15). The van der Waals surface area contributed by atoms with Crippen molar-refractivity contribution in [2.75, 3.05) is 0 Å². The Labute approximate surface area is 89.8 Å². The second-order valence-electron chi connectivity index (χ2n) is 3.63. The molecule has 4 aromatic rings. The monoisotopic (exact) mass is 209 g/mol. The third-order valence-corrected chi connectivity index (χ3v) is 2.74. The van der Waals surface area contributed by atoms with E-state index in [1.165, 1.54) is 0 Å². The van der Waals surface area contributed by atoms with E-state index in [9.17, 15) is 0 Å². The van der Waals surface area contributed by atoms with E-state index < -0.39 is 0 Å². The molecule has 0 atom stereocenters. The van der Waals surface area contributed by atoms with Gasteiger partial charge in [-0.25, -0.2) is 4.98 Å². The van der Waals surface area contributed by atoms with Crippen LogP contribution in [0.25, 0.3) is 27.8 Å². The molecule has 76 valence electrons. The zero-order valence-electron chi connectivity index (χ0n) is 8.25. The molecule has 1 N–H and O–H groups in total. The molecule has 4 rings (SSSR count). The van der Waals surface area contributed by atoms with Gasteiger partial charge in [-0.3, -0.25) is 14.4 Å². The van der Waals surface area contributed by atoms with Crippen molar-refractivity contribution < 1.29 is 0 Å². The van der Waals surface area contributed by atoms with Crippen LogP contribution in [-0.4, -0.2) is 24.3 Å². The summed E-state index contributed by atoms with van der Waals surface area (Å²) in [6.07, 6.45) is 7.09. The number of hydrogen-bond donors (Lipinski definition) is 1. The minimum Gasteiger partial charge on any atom is -0.323 e. The molecule has 5 heteroatoms. The van der Waals surface area contributed by atoms with Crippen LogP contribution in [0.1, 0.15) is 0 Å². The lowest BCUT2D eigenvalue weighted by Crippen LogP contribution is -1.85. The first-order chi connectivity index (χ1) is 7.93. The molecule has 0 saturated carbocycles. The van der Waals surface area contributed by atoms with E-state index in [-0.39, 0.29) is 0 Å². The van der Waals surface area contributed by atoms with E-state index in [1.54, 1.807) is 18.6 Å². The largest absolute Gasteiger partial charge is 0.323 e. The first kappa shape index (κ1) is 7.81. The van der Waals surface area contributed by atoms with Crippen LogP contribution in [0, 0.1) is 0 Å². The smallest absolute Gasteiger partial charge is 0.212 e. The maximum absolute atomic E-state index is 4.38. The van der Waals surface area contributed by atoms with Crippen LogP contribution in [-0.2, 0) is 0 Å². The molecule has 0 radical (unpaired) electrons. The lowest BCUT2D eigenvalue weighted by Gasteiger charge is -1.97. The first-order valence-electron chi connectivity index (χ1n) is 4.98. The molecule has 0 fully saturated rings. The van der Waals surface area contributed by atoms with E-state index >= 15 is 0 Å². The Hall–Kier alpha value is -2.43. The molecule has 16 heavy (non-hydrogen) atoms. The van der Waals surface area contributed by atoms with E-state index in [0.29, 0.717) is 0 Å². The highest BCUT2D eigenvalue weighted by atomic mass is 15.1. The van der Waals surface area contributed by atoms with E-state index in [0.717, 1.165) is 27.8 Å². The van der Waals surface area contributed by atoms with Gasteiger partial charge in [0.25, 0.3) is 0 Å². The fourth-order valence-corrected chi connectivity index (χ4v) is 2.06. The highest BCUT2D eigenvalue weighted by Crippen LogP contribution is 2.22. The number of nitrogens with zero attached hydrogens (tertiary/aromatic N) is 4. The van der Waals surface area contributed by atoms with E-state index in [4.69, 9.17) is 0 Å². The summed E-state index contributed by atoms with van der Waals surface area (Å²) in [6, 6.07) is 3.96. The summed E-state index contributed by atoms with van der Waals surface area (Å²) < 4.78 is 1.99. The summed E-state index contributed by atoms with van der Waals surface area (Å²) in [5.74, 6) is 0.827. The van der Waals surface area contributed by atoms with Crippen LogP contribution in [0.15, 0.2) is 36.9 Å². The molecule has 0 spiro atoms. The van der Waals surface area contributed by atoms with Crippen molar-refractivity contribution in [3.8, 4) is 0 Å². The summed E-state index contributed by atoms with van der Waals surface area (Å²) in [6.45, 7) is 0. The minimum atomic E-state index is 0.827. The molecule has 0 aliphatic rings. The van der Waals surface area contributed by atoms with Gasteiger partial charge in [-0.05, 0) is 12.1 Å². The molecule has 3 heterocycles. The van der Waals surface area contributed by atoms with Crippen molar-refractivity contribution in [3.63, 3.8) is 0 Å². The average molecular weight is 209 g/mol. The molecule has 3 aromatic heterocycles. The molecule has 0 saturated heterocycles. The Morgan fingerprint density at radius 3 is 2.94 bits per heavy atom. The molecule has 0 aliphatic carbocycles. The fraction of sp³-hybridized carbons (Fsp3) is 0. The zero-order chi connectivity index (χ0) is 10.5. The Bertz CT molecular complexity index is 811. The van der Waals surface area contributed by atoms with Crippen LogP contribution in [0.2, 0.25) is 0 Å². The second-order valence-corrected chi connectivity index (χ2v) is 3.63. The SMILES string of the molecule is c1cnc2c(ccc3[nH]c4nccn4c32)n1. The summed E-state index contributed by atoms with van der Waals surface area (Å²) in [4.78, 5) is 16.1. The van der Waals surface area contributed by atoms with E-state index in [1.807, 2.05) is 22.7 Å². The number of rotatable bonds is 0. The van der Waals surface area contributed by atoms with Gasteiger partial charge in [-0.2, -0.15) is 0 Å². The number of aromatic nitrogens is 5. The van der Waals surface area contributed by atoms with Crippen LogP contribution in [0.5, 0.6) is 0 Å². The quantitative estimate of drug-likeness (QED) is 0.480. The normalized spacial score (nSPS) is 11.8. The molecule has 0 aliphatic heterocycles. The van der Waals surface area contributed by atoms with Crippen molar-refractivity contribution in [2.24, 2.45) is 0 Å². The molecule has 0 amide bonds. The summed E-state index contributed by atoms with van der Waals surface area (Å²) in [7, 11) is 0. The number of imidazole rings is 2. The summed E-state index contributed by atoms with van der Waals surface area (Å²) in [5.41, 5.74) is 3.84. The van der Waals surface area contributed by atoms with Gasteiger partial charge in [0.05, 0.1) is 16.6 Å². The number of fused-ring (bicyclic) bond motifs is 5. The van der Waals surface area contributed by atoms with Crippen LogP contribution < -0.4 is 0 Å². The summed E-state index contributed by atoms with van der Waals surface area (Å²) >= 11 is 0. The Morgan fingerprint density at radius 1 is 1.00 bits per heavy atom. The fourth-order valence-electron chi connectivity index (χ4n) is 2.06. The van der Waals surface area contributed by atoms with Gasteiger partial charge in [0.2, 0.25) is 5.78 Å². The Kier molecular flexibility index (Phi) is 1.26. The average Bonchev–Trinajstić information content (AvgIpc) is 2.88. The number of benzene rings is 1. The number of aromatic amines is 1. The molecule has 5 nitrogen and oxygen atoms in total. The highest BCUT2D eigenvalue weighted by Gasteiger charge is 2.08. The third-order valence-electron chi connectivity index (χ3n) is 2.74. The minimum absolute atomic E-state index is 0.827.